The summed E-state index contributed by atoms with van der Waals surface area (Å²) in [7, 11) is 0. The van der Waals surface area contributed by atoms with Crippen molar-refractivity contribution in [3.05, 3.63) is 22.7 Å². The third kappa shape index (κ3) is 4.65. The molecule has 1 saturated heterocycles. The zero-order valence-corrected chi connectivity index (χ0v) is 13.9. The van der Waals surface area contributed by atoms with Crippen LogP contribution in [0.25, 0.3) is 0 Å². The quantitative estimate of drug-likeness (QED) is 0.863. The van der Waals surface area contributed by atoms with Crippen LogP contribution in [-0.2, 0) is 4.79 Å². The van der Waals surface area contributed by atoms with Gasteiger partial charge in [-0.25, -0.2) is 0 Å². The molecule has 1 aromatic carbocycles. The molecule has 1 atom stereocenters. The maximum atomic E-state index is 12.2. The van der Waals surface area contributed by atoms with Gasteiger partial charge in [0.2, 0.25) is 5.91 Å². The van der Waals surface area contributed by atoms with Crippen molar-refractivity contribution in [3.63, 3.8) is 0 Å². The van der Waals surface area contributed by atoms with Crippen molar-refractivity contribution >= 4 is 39.9 Å². The van der Waals surface area contributed by atoms with E-state index in [1.807, 2.05) is 25.1 Å². The van der Waals surface area contributed by atoms with Crippen molar-refractivity contribution < 1.29 is 9.53 Å². The van der Waals surface area contributed by atoms with E-state index in [-0.39, 0.29) is 24.2 Å². The number of halogens is 2. The van der Waals surface area contributed by atoms with Gasteiger partial charge < -0.3 is 15.4 Å². The van der Waals surface area contributed by atoms with E-state index >= 15 is 0 Å². The van der Waals surface area contributed by atoms with Gasteiger partial charge in [0, 0.05) is 11.0 Å². The second kappa shape index (κ2) is 8.49. The standard InChI is InChI=1S/C14H19BrN2O2.ClH/c1-2-19-13-8-11(15)5-6-12(13)17-14(18)10-4-3-7-16-9-10;/h5-6,8,10,16H,2-4,7,9H2,1H3,(H,17,18);1H. The molecule has 1 aliphatic heterocycles. The Hall–Kier alpha value is -0.780. The largest absolute Gasteiger partial charge is 0.492 e. The van der Waals surface area contributed by atoms with Gasteiger partial charge in [0.05, 0.1) is 18.2 Å². The van der Waals surface area contributed by atoms with Crippen molar-refractivity contribution in [3.8, 4) is 5.75 Å². The minimum absolute atomic E-state index is 0. The molecule has 1 heterocycles. The van der Waals surface area contributed by atoms with E-state index in [4.69, 9.17) is 4.74 Å². The van der Waals surface area contributed by atoms with Crippen LogP contribution in [0.3, 0.4) is 0 Å². The molecule has 0 bridgehead atoms. The Morgan fingerprint density at radius 1 is 1.55 bits per heavy atom. The van der Waals surface area contributed by atoms with Crippen molar-refractivity contribution in [2.75, 3.05) is 25.0 Å². The first-order valence-electron chi connectivity index (χ1n) is 6.64. The number of rotatable bonds is 4. The van der Waals surface area contributed by atoms with E-state index in [9.17, 15) is 4.79 Å². The highest BCUT2D eigenvalue weighted by Gasteiger charge is 2.21. The Bertz CT molecular complexity index is 451. The number of amides is 1. The van der Waals surface area contributed by atoms with E-state index in [2.05, 4.69) is 26.6 Å². The molecule has 0 aromatic heterocycles. The molecule has 1 amide bonds. The van der Waals surface area contributed by atoms with E-state index in [0.29, 0.717) is 12.4 Å². The van der Waals surface area contributed by atoms with Crippen LogP contribution in [0.2, 0.25) is 0 Å². The lowest BCUT2D eigenvalue weighted by Gasteiger charge is -2.22. The maximum Gasteiger partial charge on any atom is 0.228 e. The molecule has 1 aromatic rings. The first-order valence-corrected chi connectivity index (χ1v) is 7.44. The molecular weight excluding hydrogens is 344 g/mol. The van der Waals surface area contributed by atoms with Crippen LogP contribution in [0.5, 0.6) is 5.75 Å². The lowest BCUT2D eigenvalue weighted by Crippen LogP contribution is -2.37. The number of hydrogen-bond acceptors (Lipinski definition) is 3. The van der Waals surface area contributed by atoms with Gasteiger partial charge in [0.15, 0.2) is 0 Å². The molecule has 6 heteroatoms. The van der Waals surface area contributed by atoms with Crippen LogP contribution in [0, 0.1) is 5.92 Å². The highest BCUT2D eigenvalue weighted by Crippen LogP contribution is 2.29. The minimum Gasteiger partial charge on any atom is -0.492 e. The fraction of sp³-hybridized carbons (Fsp3) is 0.500. The minimum atomic E-state index is 0. The van der Waals surface area contributed by atoms with E-state index in [0.717, 1.165) is 36.1 Å². The van der Waals surface area contributed by atoms with E-state index < -0.39 is 0 Å². The number of benzene rings is 1. The lowest BCUT2D eigenvalue weighted by molar-refractivity contribution is -0.120. The molecule has 20 heavy (non-hydrogen) atoms. The number of ether oxygens (including phenoxy) is 1. The summed E-state index contributed by atoms with van der Waals surface area (Å²) in [6.45, 7) is 4.26. The normalized spacial score (nSPS) is 18.0. The van der Waals surface area contributed by atoms with Gasteiger partial charge in [-0.05, 0) is 44.5 Å². The SMILES string of the molecule is CCOc1cc(Br)ccc1NC(=O)C1CCCNC1.Cl. The third-order valence-corrected chi connectivity index (χ3v) is 3.66. The third-order valence-electron chi connectivity index (χ3n) is 3.17. The molecule has 0 radical (unpaired) electrons. The number of carbonyl (C=O) groups is 1. The van der Waals surface area contributed by atoms with Crippen LogP contribution in [0.4, 0.5) is 5.69 Å². The zero-order chi connectivity index (χ0) is 13.7. The van der Waals surface area contributed by atoms with Crippen molar-refractivity contribution in [2.24, 2.45) is 5.92 Å². The Kier molecular flexibility index (Phi) is 7.34. The fourth-order valence-corrected chi connectivity index (χ4v) is 2.52. The van der Waals surface area contributed by atoms with Crippen LogP contribution in [-0.4, -0.2) is 25.6 Å². The van der Waals surface area contributed by atoms with Gasteiger partial charge >= 0.3 is 0 Å². The number of anilines is 1. The van der Waals surface area contributed by atoms with Gasteiger partial charge in [-0.3, -0.25) is 4.79 Å². The molecule has 0 aliphatic carbocycles. The molecule has 1 unspecified atom stereocenters. The number of nitrogens with one attached hydrogen (secondary N) is 2. The molecule has 112 valence electrons. The van der Waals surface area contributed by atoms with Crippen LogP contribution in [0.1, 0.15) is 19.8 Å². The molecule has 2 rings (SSSR count). The maximum absolute atomic E-state index is 12.2. The van der Waals surface area contributed by atoms with E-state index in [1.165, 1.54) is 0 Å². The van der Waals surface area contributed by atoms with Crippen LogP contribution < -0.4 is 15.4 Å². The topological polar surface area (TPSA) is 50.4 Å². The molecule has 1 fully saturated rings. The first kappa shape index (κ1) is 17.3. The summed E-state index contributed by atoms with van der Waals surface area (Å²) >= 11 is 3.41. The fourth-order valence-electron chi connectivity index (χ4n) is 2.18. The summed E-state index contributed by atoms with van der Waals surface area (Å²) in [5.74, 6) is 0.816. The van der Waals surface area contributed by atoms with Crippen molar-refractivity contribution in [2.45, 2.75) is 19.8 Å². The van der Waals surface area contributed by atoms with Gasteiger partial charge in [-0.15, -0.1) is 12.4 Å². The van der Waals surface area contributed by atoms with E-state index in [1.54, 1.807) is 0 Å². The molecule has 4 nitrogen and oxygen atoms in total. The molecule has 2 N–H and O–H groups in total. The first-order chi connectivity index (χ1) is 9.20. The predicted molar refractivity (Wildman–Crippen MR) is 86.8 cm³/mol. The lowest BCUT2D eigenvalue weighted by atomic mass is 9.99. The average molecular weight is 364 g/mol. The summed E-state index contributed by atoms with van der Waals surface area (Å²) in [5.41, 5.74) is 0.737. The monoisotopic (exact) mass is 362 g/mol. The number of carbonyl (C=O) groups excluding carboxylic acids is 1. The van der Waals surface area contributed by atoms with Crippen LogP contribution in [0.15, 0.2) is 22.7 Å². The van der Waals surface area contributed by atoms with Crippen molar-refractivity contribution in [1.82, 2.24) is 5.32 Å². The number of hydrogen-bond donors (Lipinski definition) is 2. The zero-order valence-electron chi connectivity index (χ0n) is 11.4. The average Bonchev–Trinajstić information content (AvgIpc) is 2.43. The van der Waals surface area contributed by atoms with Crippen LogP contribution >= 0.6 is 28.3 Å². The summed E-state index contributed by atoms with van der Waals surface area (Å²) in [6.07, 6.45) is 2.00. The second-order valence-electron chi connectivity index (χ2n) is 4.61. The highest BCUT2D eigenvalue weighted by atomic mass is 79.9. The Balaban J connectivity index is 0.00000200. The van der Waals surface area contributed by atoms with Gasteiger partial charge in [0.1, 0.15) is 5.75 Å². The molecule has 0 saturated carbocycles. The summed E-state index contributed by atoms with van der Waals surface area (Å²) < 4.78 is 6.48. The van der Waals surface area contributed by atoms with Gasteiger partial charge in [0.25, 0.3) is 0 Å². The predicted octanol–water partition coefficient (Wildman–Crippen LogP) is 3.21. The van der Waals surface area contributed by atoms with Gasteiger partial charge in [-0.1, -0.05) is 15.9 Å². The second-order valence-corrected chi connectivity index (χ2v) is 5.52. The Morgan fingerprint density at radius 2 is 2.35 bits per heavy atom. The van der Waals surface area contributed by atoms with Gasteiger partial charge in [-0.2, -0.15) is 0 Å². The number of piperidine rings is 1. The Morgan fingerprint density at radius 3 is 3.00 bits per heavy atom. The summed E-state index contributed by atoms with van der Waals surface area (Å²) in [5, 5.41) is 6.22. The summed E-state index contributed by atoms with van der Waals surface area (Å²) in [4.78, 5) is 12.2. The molecular formula is C14H20BrClN2O2. The Labute approximate surface area is 134 Å². The van der Waals surface area contributed by atoms with Crippen molar-refractivity contribution in [1.29, 1.82) is 0 Å². The molecule has 0 spiro atoms. The highest BCUT2D eigenvalue weighted by molar-refractivity contribution is 9.10. The molecule has 1 aliphatic rings. The smallest absolute Gasteiger partial charge is 0.228 e. The summed E-state index contributed by atoms with van der Waals surface area (Å²) in [6, 6.07) is 5.64.